The molecule has 0 spiro atoms. The van der Waals surface area contributed by atoms with E-state index in [1.165, 1.54) is 12.1 Å². The Bertz CT molecular complexity index is 543. The second kappa shape index (κ2) is 6.39. The van der Waals surface area contributed by atoms with Crippen molar-refractivity contribution in [2.45, 2.75) is 0 Å². The molecule has 0 atom stereocenters. The number of non-ortho nitro benzene ring substituents is 1. The van der Waals surface area contributed by atoms with Gasteiger partial charge in [-0.15, -0.1) is 0 Å². The molecule has 2 rings (SSSR count). The fourth-order valence-electron chi connectivity index (χ4n) is 1.70. The number of nitro benzene ring substituents is 1. The molecule has 0 aliphatic carbocycles. The normalized spacial score (nSPS) is 9.89. The van der Waals surface area contributed by atoms with Crippen molar-refractivity contribution >= 4 is 17.1 Å². The van der Waals surface area contributed by atoms with Crippen LogP contribution in [-0.4, -0.2) is 18.0 Å². The maximum absolute atomic E-state index is 10.6. The number of nitrogens with zero attached hydrogens (tertiary/aromatic N) is 1. The number of para-hydroxylation sites is 1. The SMILES string of the molecule is O=[N+]([O-])c1cccc(NCCNc2ccccc2)c1. The van der Waals surface area contributed by atoms with Gasteiger partial charge in [-0.25, -0.2) is 0 Å². The van der Waals surface area contributed by atoms with Gasteiger partial charge in [0.05, 0.1) is 4.92 Å². The summed E-state index contributed by atoms with van der Waals surface area (Å²) in [6.07, 6.45) is 0. The molecule has 98 valence electrons. The molecule has 5 heteroatoms. The lowest BCUT2D eigenvalue weighted by Crippen LogP contribution is -2.13. The fraction of sp³-hybridized carbons (Fsp3) is 0.143. The molecule has 0 bridgehead atoms. The molecule has 0 aliphatic rings. The van der Waals surface area contributed by atoms with Crippen molar-refractivity contribution in [3.63, 3.8) is 0 Å². The van der Waals surface area contributed by atoms with E-state index in [2.05, 4.69) is 10.6 Å². The van der Waals surface area contributed by atoms with Gasteiger partial charge in [0.2, 0.25) is 0 Å². The minimum absolute atomic E-state index is 0.0982. The van der Waals surface area contributed by atoms with E-state index in [1.807, 2.05) is 36.4 Å². The minimum atomic E-state index is -0.395. The number of hydrogen-bond acceptors (Lipinski definition) is 4. The fourth-order valence-corrected chi connectivity index (χ4v) is 1.70. The van der Waals surface area contributed by atoms with Crippen molar-refractivity contribution < 1.29 is 4.92 Å². The topological polar surface area (TPSA) is 67.2 Å². The third-order valence-electron chi connectivity index (χ3n) is 2.61. The van der Waals surface area contributed by atoms with Gasteiger partial charge in [0, 0.05) is 36.6 Å². The monoisotopic (exact) mass is 257 g/mol. The van der Waals surface area contributed by atoms with Crippen LogP contribution < -0.4 is 10.6 Å². The van der Waals surface area contributed by atoms with E-state index in [4.69, 9.17) is 0 Å². The van der Waals surface area contributed by atoms with Gasteiger partial charge in [-0.05, 0) is 18.2 Å². The highest BCUT2D eigenvalue weighted by molar-refractivity contribution is 5.51. The molecule has 0 aromatic heterocycles. The van der Waals surface area contributed by atoms with E-state index in [0.717, 1.165) is 17.9 Å². The number of benzene rings is 2. The lowest BCUT2D eigenvalue weighted by Gasteiger charge is -2.08. The summed E-state index contributed by atoms with van der Waals surface area (Å²) in [5.41, 5.74) is 1.91. The Morgan fingerprint density at radius 1 is 0.895 bits per heavy atom. The number of hydrogen-bond donors (Lipinski definition) is 2. The van der Waals surface area contributed by atoms with E-state index in [1.54, 1.807) is 6.07 Å². The van der Waals surface area contributed by atoms with Crippen LogP contribution in [-0.2, 0) is 0 Å². The van der Waals surface area contributed by atoms with Crippen LogP contribution >= 0.6 is 0 Å². The third-order valence-corrected chi connectivity index (χ3v) is 2.61. The summed E-state index contributed by atoms with van der Waals surface area (Å²) < 4.78 is 0. The Balaban J connectivity index is 1.80. The molecule has 2 aromatic carbocycles. The summed E-state index contributed by atoms with van der Waals surface area (Å²) in [7, 11) is 0. The Hall–Kier alpha value is -2.56. The minimum Gasteiger partial charge on any atom is -0.383 e. The Morgan fingerprint density at radius 2 is 1.53 bits per heavy atom. The zero-order valence-electron chi connectivity index (χ0n) is 10.4. The molecular formula is C14H15N3O2. The molecule has 0 saturated carbocycles. The molecule has 0 heterocycles. The van der Waals surface area contributed by atoms with Gasteiger partial charge in [0.1, 0.15) is 0 Å². The molecule has 0 fully saturated rings. The van der Waals surface area contributed by atoms with Gasteiger partial charge < -0.3 is 10.6 Å². The summed E-state index contributed by atoms with van der Waals surface area (Å²) >= 11 is 0. The largest absolute Gasteiger partial charge is 0.383 e. The van der Waals surface area contributed by atoms with Gasteiger partial charge in [-0.3, -0.25) is 10.1 Å². The van der Waals surface area contributed by atoms with Gasteiger partial charge in [-0.1, -0.05) is 24.3 Å². The lowest BCUT2D eigenvalue weighted by atomic mass is 10.3. The average molecular weight is 257 g/mol. The Labute approximate surface area is 111 Å². The number of anilines is 2. The summed E-state index contributed by atoms with van der Waals surface area (Å²) in [5.74, 6) is 0. The molecule has 2 aromatic rings. The van der Waals surface area contributed by atoms with Gasteiger partial charge >= 0.3 is 0 Å². The van der Waals surface area contributed by atoms with Gasteiger partial charge in [0.15, 0.2) is 0 Å². The molecular weight excluding hydrogens is 242 g/mol. The molecule has 2 N–H and O–H groups in total. The summed E-state index contributed by atoms with van der Waals surface area (Å²) in [6, 6.07) is 16.4. The van der Waals surface area contributed by atoms with Crippen molar-refractivity contribution in [3.05, 3.63) is 64.7 Å². The number of nitrogens with one attached hydrogen (secondary N) is 2. The van der Waals surface area contributed by atoms with Crippen LogP contribution in [0.2, 0.25) is 0 Å². The molecule has 19 heavy (non-hydrogen) atoms. The van der Waals surface area contributed by atoms with Crippen LogP contribution in [0.4, 0.5) is 17.1 Å². The van der Waals surface area contributed by atoms with Gasteiger partial charge in [0.25, 0.3) is 5.69 Å². The molecule has 0 radical (unpaired) electrons. The lowest BCUT2D eigenvalue weighted by molar-refractivity contribution is -0.384. The first-order chi connectivity index (χ1) is 9.25. The van der Waals surface area contributed by atoms with E-state index in [0.29, 0.717) is 6.54 Å². The van der Waals surface area contributed by atoms with Crippen molar-refractivity contribution in [1.29, 1.82) is 0 Å². The summed E-state index contributed by atoms with van der Waals surface area (Å²) in [5, 5.41) is 17.0. The summed E-state index contributed by atoms with van der Waals surface area (Å²) in [6.45, 7) is 1.43. The Morgan fingerprint density at radius 3 is 2.21 bits per heavy atom. The first-order valence-electron chi connectivity index (χ1n) is 6.03. The molecule has 5 nitrogen and oxygen atoms in total. The molecule has 0 unspecified atom stereocenters. The first-order valence-corrected chi connectivity index (χ1v) is 6.03. The second-order valence-electron chi connectivity index (χ2n) is 4.03. The van der Waals surface area contributed by atoms with Crippen molar-refractivity contribution in [2.24, 2.45) is 0 Å². The van der Waals surface area contributed by atoms with E-state index in [-0.39, 0.29) is 5.69 Å². The third kappa shape index (κ3) is 3.99. The average Bonchev–Trinajstić information content (AvgIpc) is 2.45. The maximum atomic E-state index is 10.6. The molecule has 0 saturated heterocycles. The zero-order valence-corrected chi connectivity index (χ0v) is 10.4. The summed E-state index contributed by atoms with van der Waals surface area (Å²) in [4.78, 5) is 10.2. The van der Waals surface area contributed by atoms with Crippen LogP contribution in [0, 0.1) is 10.1 Å². The number of rotatable bonds is 6. The molecule has 0 aliphatic heterocycles. The van der Waals surface area contributed by atoms with Crippen molar-refractivity contribution in [3.8, 4) is 0 Å². The van der Waals surface area contributed by atoms with Crippen LogP contribution in [0.5, 0.6) is 0 Å². The van der Waals surface area contributed by atoms with E-state index in [9.17, 15) is 10.1 Å². The highest BCUT2D eigenvalue weighted by Gasteiger charge is 2.04. The molecule has 0 amide bonds. The Kier molecular flexibility index (Phi) is 4.34. The van der Waals surface area contributed by atoms with Crippen LogP contribution in [0.15, 0.2) is 54.6 Å². The predicted octanol–water partition coefficient (Wildman–Crippen LogP) is 3.12. The van der Waals surface area contributed by atoms with Crippen molar-refractivity contribution in [2.75, 3.05) is 23.7 Å². The van der Waals surface area contributed by atoms with Crippen LogP contribution in [0.25, 0.3) is 0 Å². The number of nitro groups is 1. The first kappa shape index (κ1) is 12.9. The smallest absolute Gasteiger partial charge is 0.271 e. The highest BCUT2D eigenvalue weighted by Crippen LogP contribution is 2.16. The van der Waals surface area contributed by atoms with Gasteiger partial charge in [-0.2, -0.15) is 0 Å². The highest BCUT2D eigenvalue weighted by atomic mass is 16.6. The van der Waals surface area contributed by atoms with Crippen LogP contribution in [0.1, 0.15) is 0 Å². The van der Waals surface area contributed by atoms with E-state index >= 15 is 0 Å². The second-order valence-corrected chi connectivity index (χ2v) is 4.03. The van der Waals surface area contributed by atoms with Crippen LogP contribution in [0.3, 0.4) is 0 Å². The standard InChI is InChI=1S/C14H15N3O2/c18-17(19)14-8-4-7-13(11-14)16-10-9-15-12-5-2-1-3-6-12/h1-8,11,15-16H,9-10H2. The zero-order chi connectivity index (χ0) is 13.5. The maximum Gasteiger partial charge on any atom is 0.271 e. The van der Waals surface area contributed by atoms with E-state index < -0.39 is 4.92 Å². The predicted molar refractivity (Wildman–Crippen MR) is 76.5 cm³/mol. The quantitative estimate of drug-likeness (QED) is 0.474. The van der Waals surface area contributed by atoms with Crippen molar-refractivity contribution in [1.82, 2.24) is 0 Å².